The number of nitrogens with one attached hydrogen (secondary N) is 1. The summed E-state index contributed by atoms with van der Waals surface area (Å²) in [5.74, 6) is 1.50. The first-order valence-corrected chi connectivity index (χ1v) is 11.2. The van der Waals surface area contributed by atoms with Gasteiger partial charge in [0, 0.05) is 37.1 Å². The molecule has 5 rings (SSSR count). The number of aryl methyl sites for hydroxylation is 1. The standard InChI is InChI=1S/C25H28N4O3/c26-25(31)32-21-8-9-22-18(11-21)12-23(27-22)24(30)29-15-19-13-28(14-20(19)16-29)10-4-7-17-5-2-1-3-6-17/h1-3,5-6,8-9,11-12,19-20,27H,4,7,10,13-16H2,(H2,26,31)/t19-,20?/m0/s1. The van der Waals surface area contributed by atoms with Gasteiger partial charge >= 0.3 is 6.09 Å². The number of benzene rings is 2. The van der Waals surface area contributed by atoms with E-state index in [1.165, 1.54) is 12.0 Å². The molecule has 0 aliphatic carbocycles. The predicted octanol–water partition coefficient (Wildman–Crippen LogP) is 3.26. The molecule has 3 N–H and O–H groups in total. The van der Waals surface area contributed by atoms with E-state index in [2.05, 4.69) is 40.2 Å². The van der Waals surface area contributed by atoms with Crippen molar-refractivity contribution in [2.45, 2.75) is 12.8 Å². The first-order valence-electron chi connectivity index (χ1n) is 11.2. The highest BCUT2D eigenvalue weighted by Gasteiger charge is 2.41. The molecular formula is C25H28N4O3. The second kappa shape index (κ2) is 8.67. The summed E-state index contributed by atoms with van der Waals surface area (Å²) in [5, 5.41) is 0.816. The minimum Gasteiger partial charge on any atom is -0.410 e. The summed E-state index contributed by atoms with van der Waals surface area (Å²) < 4.78 is 4.93. The Morgan fingerprint density at radius 3 is 2.47 bits per heavy atom. The maximum Gasteiger partial charge on any atom is 0.409 e. The molecule has 7 heteroatoms. The number of aromatic amines is 1. The van der Waals surface area contributed by atoms with Gasteiger partial charge in [-0.05, 0) is 61.1 Å². The second-order valence-electron chi connectivity index (χ2n) is 8.93. The number of H-pyrrole nitrogens is 1. The van der Waals surface area contributed by atoms with Gasteiger partial charge in [-0.3, -0.25) is 4.79 Å². The second-order valence-corrected chi connectivity index (χ2v) is 8.93. The van der Waals surface area contributed by atoms with Crippen LogP contribution in [0.3, 0.4) is 0 Å². The van der Waals surface area contributed by atoms with Crippen molar-refractivity contribution in [1.29, 1.82) is 0 Å². The van der Waals surface area contributed by atoms with Crippen LogP contribution in [0, 0.1) is 11.8 Å². The molecule has 166 valence electrons. The van der Waals surface area contributed by atoms with Crippen molar-refractivity contribution in [3.8, 4) is 5.75 Å². The van der Waals surface area contributed by atoms with Gasteiger partial charge in [0.15, 0.2) is 0 Å². The van der Waals surface area contributed by atoms with Crippen molar-refractivity contribution in [1.82, 2.24) is 14.8 Å². The van der Waals surface area contributed by atoms with E-state index in [0.29, 0.717) is 23.3 Å². The van der Waals surface area contributed by atoms with Gasteiger partial charge in [-0.2, -0.15) is 0 Å². The van der Waals surface area contributed by atoms with Crippen molar-refractivity contribution in [3.63, 3.8) is 0 Å². The summed E-state index contributed by atoms with van der Waals surface area (Å²) in [6.07, 6.45) is 1.43. The highest BCUT2D eigenvalue weighted by molar-refractivity contribution is 5.98. The molecule has 2 aromatic carbocycles. The quantitative estimate of drug-likeness (QED) is 0.625. The first-order chi connectivity index (χ1) is 15.5. The lowest BCUT2D eigenvalue weighted by molar-refractivity contribution is 0.0769. The number of ether oxygens (including phenoxy) is 1. The van der Waals surface area contributed by atoms with Crippen LogP contribution in [-0.2, 0) is 6.42 Å². The lowest BCUT2D eigenvalue weighted by Gasteiger charge is -2.21. The van der Waals surface area contributed by atoms with E-state index in [9.17, 15) is 9.59 Å². The Morgan fingerprint density at radius 1 is 1.00 bits per heavy atom. The fourth-order valence-corrected chi connectivity index (χ4v) is 5.17. The van der Waals surface area contributed by atoms with Gasteiger partial charge in [-0.1, -0.05) is 30.3 Å². The molecule has 2 aliphatic heterocycles. The van der Waals surface area contributed by atoms with Crippen LogP contribution in [0.4, 0.5) is 4.79 Å². The van der Waals surface area contributed by atoms with Crippen LogP contribution < -0.4 is 10.5 Å². The van der Waals surface area contributed by atoms with Crippen LogP contribution in [0.2, 0.25) is 0 Å². The predicted molar refractivity (Wildman–Crippen MR) is 123 cm³/mol. The van der Waals surface area contributed by atoms with Gasteiger partial charge in [0.05, 0.1) is 0 Å². The average molecular weight is 433 g/mol. The Morgan fingerprint density at radius 2 is 1.75 bits per heavy atom. The SMILES string of the molecule is NC(=O)Oc1ccc2[nH]c(C(=O)N3CC4CN(CCCc5ccccc5)C[C@H]4C3)cc2c1. The Bertz CT molecular complexity index is 1110. The topological polar surface area (TPSA) is 91.7 Å². The summed E-state index contributed by atoms with van der Waals surface area (Å²) in [4.78, 5) is 31.8. The molecule has 3 heterocycles. The summed E-state index contributed by atoms with van der Waals surface area (Å²) in [5.41, 5.74) is 7.87. The summed E-state index contributed by atoms with van der Waals surface area (Å²) in [6, 6.07) is 17.6. The van der Waals surface area contributed by atoms with Crippen LogP contribution in [0.5, 0.6) is 5.75 Å². The fraction of sp³-hybridized carbons (Fsp3) is 0.360. The largest absolute Gasteiger partial charge is 0.410 e. The molecule has 7 nitrogen and oxygen atoms in total. The minimum atomic E-state index is -0.853. The number of carbonyl (C=O) groups is 2. The lowest BCUT2D eigenvalue weighted by atomic mass is 10.0. The average Bonchev–Trinajstić information content (AvgIpc) is 3.46. The number of hydrogen-bond acceptors (Lipinski definition) is 4. The number of amides is 2. The molecule has 1 unspecified atom stereocenters. The number of primary amides is 1. The van der Waals surface area contributed by atoms with Gasteiger partial charge in [-0.15, -0.1) is 0 Å². The normalized spacial score (nSPS) is 20.6. The number of nitrogens with zero attached hydrogens (tertiary/aromatic N) is 2. The molecule has 0 saturated carbocycles. The molecule has 2 amide bonds. The zero-order valence-electron chi connectivity index (χ0n) is 18.0. The minimum absolute atomic E-state index is 0.0311. The number of rotatable bonds is 6. The van der Waals surface area contributed by atoms with Crippen LogP contribution >= 0.6 is 0 Å². The van der Waals surface area contributed by atoms with E-state index >= 15 is 0 Å². The van der Waals surface area contributed by atoms with Crippen molar-refractivity contribution in [2.75, 3.05) is 32.7 Å². The highest BCUT2D eigenvalue weighted by Crippen LogP contribution is 2.32. The Balaban J connectivity index is 1.15. The molecule has 2 fully saturated rings. The maximum absolute atomic E-state index is 13.1. The molecule has 0 spiro atoms. The van der Waals surface area contributed by atoms with Crippen molar-refractivity contribution >= 4 is 22.9 Å². The Hall–Kier alpha value is -3.32. The van der Waals surface area contributed by atoms with Crippen molar-refractivity contribution in [3.05, 3.63) is 65.9 Å². The molecular weight excluding hydrogens is 404 g/mol. The van der Waals surface area contributed by atoms with Crippen molar-refractivity contribution < 1.29 is 14.3 Å². The maximum atomic E-state index is 13.1. The van der Waals surface area contributed by atoms with Crippen LogP contribution in [0.1, 0.15) is 22.5 Å². The Kier molecular flexibility index (Phi) is 5.57. The highest BCUT2D eigenvalue weighted by atomic mass is 16.5. The van der Waals surface area contributed by atoms with Gasteiger partial charge in [0.2, 0.25) is 0 Å². The molecule has 32 heavy (non-hydrogen) atoms. The lowest BCUT2D eigenvalue weighted by Crippen LogP contribution is -2.33. The van der Waals surface area contributed by atoms with E-state index in [1.807, 2.05) is 11.0 Å². The van der Waals surface area contributed by atoms with Gasteiger partial charge < -0.3 is 25.3 Å². The van der Waals surface area contributed by atoms with Gasteiger partial charge in [0.1, 0.15) is 11.4 Å². The molecule has 0 bridgehead atoms. The number of fused-ring (bicyclic) bond motifs is 2. The van der Waals surface area contributed by atoms with Crippen LogP contribution in [-0.4, -0.2) is 59.5 Å². The summed E-state index contributed by atoms with van der Waals surface area (Å²) in [7, 11) is 0. The molecule has 2 atom stereocenters. The number of carbonyl (C=O) groups excluding carboxylic acids is 2. The zero-order valence-corrected chi connectivity index (χ0v) is 18.0. The Labute approximate surface area is 187 Å². The van der Waals surface area contributed by atoms with Gasteiger partial charge in [-0.25, -0.2) is 4.79 Å². The van der Waals surface area contributed by atoms with Crippen LogP contribution in [0.15, 0.2) is 54.6 Å². The molecule has 3 aromatic rings. The fourth-order valence-electron chi connectivity index (χ4n) is 5.17. The monoisotopic (exact) mass is 432 g/mol. The first kappa shape index (κ1) is 20.6. The molecule has 1 aromatic heterocycles. The van der Waals surface area contributed by atoms with Crippen molar-refractivity contribution in [2.24, 2.45) is 17.6 Å². The van der Waals surface area contributed by atoms with E-state index in [0.717, 1.165) is 50.0 Å². The number of aromatic nitrogens is 1. The number of likely N-dealkylation sites (tertiary alicyclic amines) is 2. The third-order valence-corrected chi connectivity index (χ3v) is 6.67. The van der Waals surface area contributed by atoms with E-state index in [1.54, 1.807) is 18.2 Å². The molecule has 2 saturated heterocycles. The zero-order chi connectivity index (χ0) is 22.1. The molecule has 2 aliphatic rings. The number of nitrogens with two attached hydrogens (primary N) is 1. The van der Waals surface area contributed by atoms with E-state index < -0.39 is 6.09 Å². The molecule has 0 radical (unpaired) electrons. The van der Waals surface area contributed by atoms with E-state index in [-0.39, 0.29) is 5.91 Å². The van der Waals surface area contributed by atoms with E-state index in [4.69, 9.17) is 10.5 Å². The summed E-state index contributed by atoms with van der Waals surface area (Å²) >= 11 is 0. The summed E-state index contributed by atoms with van der Waals surface area (Å²) in [6.45, 7) is 4.88. The smallest absolute Gasteiger partial charge is 0.409 e. The van der Waals surface area contributed by atoms with Gasteiger partial charge in [0.25, 0.3) is 5.91 Å². The third kappa shape index (κ3) is 4.34. The third-order valence-electron chi connectivity index (χ3n) is 6.67. The van der Waals surface area contributed by atoms with Crippen LogP contribution in [0.25, 0.3) is 10.9 Å². The number of hydrogen-bond donors (Lipinski definition) is 2.